The molecule has 0 radical (unpaired) electrons. The van der Waals surface area contributed by atoms with Crippen LogP contribution in [-0.4, -0.2) is 36.3 Å². The summed E-state index contributed by atoms with van der Waals surface area (Å²) >= 11 is 17.4. The van der Waals surface area contributed by atoms with Gasteiger partial charge in [-0.05, 0) is 48.2 Å². The van der Waals surface area contributed by atoms with Gasteiger partial charge in [0.15, 0.2) is 0 Å². The Bertz CT molecular complexity index is 1310. The van der Waals surface area contributed by atoms with E-state index in [4.69, 9.17) is 34.8 Å². The van der Waals surface area contributed by atoms with Gasteiger partial charge >= 0.3 is 18.5 Å². The van der Waals surface area contributed by atoms with Crippen LogP contribution >= 0.6 is 34.8 Å². The van der Waals surface area contributed by atoms with Crippen molar-refractivity contribution in [3.63, 3.8) is 0 Å². The number of amides is 2. The van der Waals surface area contributed by atoms with Crippen LogP contribution in [0.25, 0.3) is 6.08 Å². The highest BCUT2D eigenvalue weighted by Crippen LogP contribution is 2.42. The molecule has 218 valence electrons. The molecule has 2 N–H and O–H groups in total. The molecule has 16 heteroatoms. The van der Waals surface area contributed by atoms with Gasteiger partial charge in [0.2, 0.25) is 5.91 Å². The SMILES string of the molecule is O=C(NC1(C(=O)NCC(F)(F)F)CC1)c1ccc(/C=C/[C@H](c2cc(Cl)c(Cl)c(Cl)c2)C(F)(F)F)cc1C(F)(F)F. The van der Waals surface area contributed by atoms with Crippen LogP contribution in [0, 0.1) is 0 Å². The lowest BCUT2D eigenvalue weighted by atomic mass is 9.96. The first kappa shape index (κ1) is 31.9. The largest absolute Gasteiger partial charge is 0.417 e. The minimum atomic E-state index is -5.16. The molecule has 0 aromatic heterocycles. The van der Waals surface area contributed by atoms with Gasteiger partial charge < -0.3 is 10.6 Å². The number of rotatable bonds is 7. The zero-order valence-corrected chi connectivity index (χ0v) is 21.9. The molecule has 1 atom stereocenters. The molecule has 1 aliphatic rings. The van der Waals surface area contributed by atoms with Crippen molar-refractivity contribution >= 4 is 52.7 Å². The fourth-order valence-electron chi connectivity index (χ4n) is 3.64. The van der Waals surface area contributed by atoms with Gasteiger partial charge in [-0.1, -0.05) is 53.0 Å². The lowest BCUT2D eigenvalue weighted by molar-refractivity contribution is -0.140. The first-order valence-electron chi connectivity index (χ1n) is 11.0. The van der Waals surface area contributed by atoms with E-state index in [-0.39, 0.29) is 33.5 Å². The Kier molecular flexibility index (Phi) is 9.03. The fraction of sp³-hybridized carbons (Fsp3) is 0.333. The predicted molar refractivity (Wildman–Crippen MR) is 129 cm³/mol. The first-order chi connectivity index (χ1) is 18.2. The number of carbonyl (C=O) groups is 2. The lowest BCUT2D eigenvalue weighted by Gasteiger charge is -2.20. The van der Waals surface area contributed by atoms with Crippen molar-refractivity contribution in [3.8, 4) is 0 Å². The van der Waals surface area contributed by atoms with Crippen molar-refractivity contribution < 1.29 is 49.1 Å². The number of alkyl halides is 9. The van der Waals surface area contributed by atoms with Crippen LogP contribution in [0.5, 0.6) is 0 Å². The number of allylic oxidation sites excluding steroid dienone is 1. The molecular weight excluding hydrogens is 626 g/mol. The van der Waals surface area contributed by atoms with E-state index in [2.05, 4.69) is 0 Å². The van der Waals surface area contributed by atoms with Gasteiger partial charge in [-0.15, -0.1) is 0 Å². The molecule has 0 spiro atoms. The van der Waals surface area contributed by atoms with Crippen LogP contribution in [0.15, 0.2) is 36.4 Å². The first-order valence-corrected chi connectivity index (χ1v) is 12.1. The summed E-state index contributed by atoms with van der Waals surface area (Å²) in [6.07, 6.45) is -13.7. The van der Waals surface area contributed by atoms with Crippen LogP contribution in [-0.2, 0) is 11.0 Å². The van der Waals surface area contributed by atoms with Gasteiger partial charge in [-0.2, -0.15) is 39.5 Å². The minimum absolute atomic E-state index is 0.109. The standard InChI is InChI=1S/C24H16Cl3F9N2O2/c25-16-8-12(9-17(26)18(16)27)14(23(31,32)33)4-2-11-1-3-13(15(7-11)24(34,35)36)19(39)38-21(5-6-21)20(40)37-10-22(28,29)30/h1-4,7-9,14H,5-6,10H2,(H,37,40)(H,38,39)/b4-2+/t14-/m1/s1. The Hall–Kier alpha value is -2.64. The van der Waals surface area contributed by atoms with Gasteiger partial charge in [0.25, 0.3) is 5.91 Å². The predicted octanol–water partition coefficient (Wildman–Crippen LogP) is 7.97. The number of halogens is 12. The van der Waals surface area contributed by atoms with E-state index in [1.54, 1.807) is 5.32 Å². The molecule has 0 bridgehead atoms. The van der Waals surface area contributed by atoms with Gasteiger partial charge in [-0.3, -0.25) is 9.59 Å². The smallest absolute Gasteiger partial charge is 0.345 e. The van der Waals surface area contributed by atoms with Crippen molar-refractivity contribution in [2.45, 2.75) is 42.8 Å². The van der Waals surface area contributed by atoms with E-state index in [1.807, 2.05) is 5.32 Å². The molecular formula is C24H16Cl3F9N2O2. The van der Waals surface area contributed by atoms with Crippen molar-refractivity contribution in [2.75, 3.05) is 6.54 Å². The molecule has 3 rings (SSSR count). The van der Waals surface area contributed by atoms with Crippen LogP contribution < -0.4 is 10.6 Å². The Morgan fingerprint density at radius 1 is 0.925 bits per heavy atom. The quantitative estimate of drug-likeness (QED) is 0.238. The lowest BCUT2D eigenvalue weighted by Crippen LogP contribution is -2.51. The Morgan fingerprint density at radius 3 is 1.98 bits per heavy atom. The van der Waals surface area contributed by atoms with E-state index in [1.165, 1.54) is 0 Å². The molecule has 2 amide bonds. The monoisotopic (exact) mass is 640 g/mol. The van der Waals surface area contributed by atoms with E-state index in [0.717, 1.165) is 24.3 Å². The summed E-state index contributed by atoms with van der Waals surface area (Å²) in [7, 11) is 0. The summed E-state index contributed by atoms with van der Waals surface area (Å²) in [5.41, 5.74) is -5.14. The van der Waals surface area contributed by atoms with E-state index in [9.17, 15) is 49.1 Å². The van der Waals surface area contributed by atoms with Gasteiger partial charge in [0, 0.05) is 0 Å². The molecule has 0 saturated heterocycles. The minimum Gasteiger partial charge on any atom is -0.345 e. The Balaban J connectivity index is 1.90. The van der Waals surface area contributed by atoms with Crippen molar-refractivity contribution in [2.24, 2.45) is 0 Å². The second-order valence-electron chi connectivity index (χ2n) is 8.81. The maximum Gasteiger partial charge on any atom is 0.417 e. The Morgan fingerprint density at radius 2 is 1.50 bits per heavy atom. The third kappa shape index (κ3) is 7.76. The second-order valence-corrected chi connectivity index (χ2v) is 10.0. The Labute approximate surface area is 235 Å². The van der Waals surface area contributed by atoms with Gasteiger partial charge in [0.1, 0.15) is 12.1 Å². The van der Waals surface area contributed by atoms with Crippen molar-refractivity contribution in [1.82, 2.24) is 10.6 Å². The van der Waals surface area contributed by atoms with Gasteiger partial charge in [0.05, 0.1) is 32.1 Å². The molecule has 1 fully saturated rings. The molecule has 1 saturated carbocycles. The molecule has 0 aliphatic heterocycles. The van der Waals surface area contributed by atoms with E-state index >= 15 is 0 Å². The zero-order valence-electron chi connectivity index (χ0n) is 19.6. The molecule has 0 unspecified atom stereocenters. The summed E-state index contributed by atoms with van der Waals surface area (Å²) in [4.78, 5) is 24.8. The topological polar surface area (TPSA) is 58.2 Å². The second kappa shape index (κ2) is 11.3. The summed E-state index contributed by atoms with van der Waals surface area (Å²) in [5.74, 6) is -4.96. The molecule has 40 heavy (non-hydrogen) atoms. The number of nitrogens with one attached hydrogen (secondary N) is 2. The summed E-state index contributed by atoms with van der Waals surface area (Å²) in [5, 5.41) is 2.87. The van der Waals surface area contributed by atoms with Crippen LogP contribution in [0.1, 0.15) is 45.8 Å². The van der Waals surface area contributed by atoms with Crippen molar-refractivity contribution in [1.29, 1.82) is 0 Å². The molecule has 2 aromatic carbocycles. The summed E-state index contributed by atoms with van der Waals surface area (Å²) in [6.45, 7) is -1.70. The van der Waals surface area contributed by atoms with E-state index < -0.39 is 65.0 Å². The van der Waals surface area contributed by atoms with Gasteiger partial charge in [-0.25, -0.2) is 0 Å². The number of carbonyl (C=O) groups excluding carboxylic acids is 2. The number of hydrogen-bond acceptors (Lipinski definition) is 2. The maximum atomic E-state index is 13.8. The highest BCUT2D eigenvalue weighted by molar-refractivity contribution is 6.48. The summed E-state index contributed by atoms with van der Waals surface area (Å²) in [6, 6.07) is 3.85. The third-order valence-electron chi connectivity index (χ3n) is 5.78. The third-order valence-corrected chi connectivity index (χ3v) is 6.98. The zero-order chi connectivity index (χ0) is 30.3. The maximum absolute atomic E-state index is 13.8. The van der Waals surface area contributed by atoms with Crippen molar-refractivity contribution in [3.05, 3.63) is 73.7 Å². The summed E-state index contributed by atoms with van der Waals surface area (Å²) < 4.78 is 120. The highest BCUT2D eigenvalue weighted by atomic mass is 35.5. The average Bonchev–Trinajstić information content (AvgIpc) is 3.59. The van der Waals surface area contributed by atoms with Crippen LogP contribution in [0.3, 0.4) is 0 Å². The normalized spacial score (nSPS) is 16.1. The fourth-order valence-corrected chi connectivity index (χ4v) is 4.25. The molecule has 4 nitrogen and oxygen atoms in total. The number of hydrogen-bond donors (Lipinski definition) is 2. The molecule has 1 aliphatic carbocycles. The van der Waals surface area contributed by atoms with Crippen LogP contribution in [0.2, 0.25) is 15.1 Å². The van der Waals surface area contributed by atoms with E-state index in [0.29, 0.717) is 18.2 Å². The highest BCUT2D eigenvalue weighted by Gasteiger charge is 2.52. The molecule has 0 heterocycles. The molecule has 2 aromatic rings. The average molecular weight is 642 g/mol. The number of benzene rings is 2. The van der Waals surface area contributed by atoms with Crippen LogP contribution in [0.4, 0.5) is 39.5 Å².